The number of hydrogen-bond acceptors (Lipinski definition) is 4. The molecule has 0 unspecified atom stereocenters. The van der Waals surface area contributed by atoms with Crippen LogP contribution in [0.4, 0.5) is 0 Å². The molecule has 0 bridgehead atoms. The van der Waals surface area contributed by atoms with Gasteiger partial charge in [-0.15, -0.1) is 0 Å². The zero-order valence-electron chi connectivity index (χ0n) is 8.57. The largest absolute Gasteiger partial charge is 0.466 e. The van der Waals surface area contributed by atoms with Crippen LogP contribution in [0.5, 0.6) is 0 Å². The van der Waals surface area contributed by atoms with Gasteiger partial charge in [0.2, 0.25) is 0 Å². The molecule has 4 nitrogen and oxygen atoms in total. The van der Waals surface area contributed by atoms with E-state index in [9.17, 15) is 9.59 Å². The number of likely N-dealkylation sites (tertiary alicyclic amines) is 1. The second-order valence-electron chi connectivity index (χ2n) is 3.49. The fourth-order valence-electron chi connectivity index (χ4n) is 1.72. The molecule has 80 valence electrons. The predicted octanol–water partition coefficient (Wildman–Crippen LogP) is 0.460. The monoisotopic (exact) mass is 199 g/mol. The van der Waals surface area contributed by atoms with Crippen LogP contribution in [0.25, 0.3) is 0 Å². The van der Waals surface area contributed by atoms with Crippen molar-refractivity contribution in [3.63, 3.8) is 0 Å². The Morgan fingerprint density at radius 2 is 2.14 bits per heavy atom. The number of esters is 1. The van der Waals surface area contributed by atoms with Crippen LogP contribution in [0, 0.1) is 5.92 Å². The standard InChI is InChI=1S/C10H17NO3/c1-2-14-10(13)9-3-5-11(6-4-9)7-8-12/h8-9H,2-7H2,1H3. The highest BCUT2D eigenvalue weighted by Crippen LogP contribution is 2.17. The summed E-state index contributed by atoms with van der Waals surface area (Å²) in [5.74, 6) is -0.0453. The fourth-order valence-corrected chi connectivity index (χ4v) is 1.72. The van der Waals surface area contributed by atoms with E-state index in [0.717, 1.165) is 32.2 Å². The average Bonchev–Trinajstić information content (AvgIpc) is 2.20. The van der Waals surface area contributed by atoms with E-state index < -0.39 is 0 Å². The van der Waals surface area contributed by atoms with Crippen LogP contribution in [0.1, 0.15) is 19.8 Å². The molecule has 0 amide bonds. The average molecular weight is 199 g/mol. The van der Waals surface area contributed by atoms with Gasteiger partial charge in [-0.25, -0.2) is 0 Å². The Balaban J connectivity index is 2.27. The number of rotatable bonds is 4. The van der Waals surface area contributed by atoms with E-state index in [1.165, 1.54) is 0 Å². The van der Waals surface area contributed by atoms with Crippen molar-refractivity contribution in [1.29, 1.82) is 0 Å². The number of carbonyl (C=O) groups excluding carboxylic acids is 2. The van der Waals surface area contributed by atoms with Gasteiger partial charge in [-0.2, -0.15) is 0 Å². The molecule has 1 aliphatic heterocycles. The summed E-state index contributed by atoms with van der Waals surface area (Å²) in [6.07, 6.45) is 2.53. The summed E-state index contributed by atoms with van der Waals surface area (Å²) in [5.41, 5.74) is 0. The Morgan fingerprint density at radius 1 is 1.50 bits per heavy atom. The predicted molar refractivity (Wildman–Crippen MR) is 51.9 cm³/mol. The third-order valence-electron chi connectivity index (χ3n) is 2.54. The summed E-state index contributed by atoms with van der Waals surface area (Å²) in [7, 11) is 0. The van der Waals surface area contributed by atoms with Gasteiger partial charge >= 0.3 is 5.97 Å². The summed E-state index contributed by atoms with van der Waals surface area (Å²) < 4.78 is 4.95. The van der Waals surface area contributed by atoms with Gasteiger partial charge in [-0.1, -0.05) is 0 Å². The second kappa shape index (κ2) is 5.75. The smallest absolute Gasteiger partial charge is 0.309 e. The van der Waals surface area contributed by atoms with Crippen LogP contribution in [0.2, 0.25) is 0 Å². The molecule has 0 aromatic rings. The van der Waals surface area contributed by atoms with Gasteiger partial charge in [0.1, 0.15) is 6.29 Å². The minimum absolute atomic E-state index is 0.0397. The highest BCUT2D eigenvalue weighted by Gasteiger charge is 2.25. The van der Waals surface area contributed by atoms with E-state index >= 15 is 0 Å². The minimum atomic E-state index is -0.0850. The SMILES string of the molecule is CCOC(=O)C1CCN(CC=O)CC1. The number of piperidine rings is 1. The number of aldehydes is 1. The van der Waals surface area contributed by atoms with E-state index in [2.05, 4.69) is 4.90 Å². The molecule has 0 N–H and O–H groups in total. The molecule has 0 spiro atoms. The lowest BCUT2D eigenvalue weighted by Gasteiger charge is -2.29. The van der Waals surface area contributed by atoms with Crippen LogP contribution in [0.15, 0.2) is 0 Å². The van der Waals surface area contributed by atoms with E-state index in [-0.39, 0.29) is 11.9 Å². The Morgan fingerprint density at radius 3 is 2.64 bits per heavy atom. The highest BCUT2D eigenvalue weighted by atomic mass is 16.5. The van der Waals surface area contributed by atoms with Crippen molar-refractivity contribution < 1.29 is 14.3 Å². The maximum Gasteiger partial charge on any atom is 0.309 e. The van der Waals surface area contributed by atoms with Crippen molar-refractivity contribution in [2.24, 2.45) is 5.92 Å². The van der Waals surface area contributed by atoms with Crippen molar-refractivity contribution in [3.05, 3.63) is 0 Å². The quantitative estimate of drug-likeness (QED) is 0.487. The van der Waals surface area contributed by atoms with Crippen LogP contribution in [-0.4, -0.2) is 43.4 Å². The maximum atomic E-state index is 11.4. The summed E-state index contributed by atoms with van der Waals surface area (Å²) in [5, 5.41) is 0. The van der Waals surface area contributed by atoms with Crippen molar-refractivity contribution in [2.45, 2.75) is 19.8 Å². The fraction of sp³-hybridized carbons (Fsp3) is 0.800. The zero-order chi connectivity index (χ0) is 10.4. The summed E-state index contributed by atoms with van der Waals surface area (Å²) in [6.45, 7) is 4.40. The Kier molecular flexibility index (Phi) is 4.59. The van der Waals surface area contributed by atoms with Crippen LogP contribution in [-0.2, 0) is 14.3 Å². The molecule has 0 aromatic heterocycles. The van der Waals surface area contributed by atoms with E-state index in [1.54, 1.807) is 0 Å². The van der Waals surface area contributed by atoms with Crippen molar-refractivity contribution in [3.8, 4) is 0 Å². The summed E-state index contributed by atoms with van der Waals surface area (Å²) >= 11 is 0. The Bertz CT molecular complexity index is 198. The van der Waals surface area contributed by atoms with Gasteiger partial charge in [0.25, 0.3) is 0 Å². The van der Waals surface area contributed by atoms with Gasteiger partial charge < -0.3 is 9.53 Å². The maximum absolute atomic E-state index is 11.4. The first-order valence-corrected chi connectivity index (χ1v) is 5.10. The molecule has 1 aliphatic rings. The molecule has 1 saturated heterocycles. The van der Waals surface area contributed by atoms with Crippen LogP contribution >= 0.6 is 0 Å². The van der Waals surface area contributed by atoms with Gasteiger partial charge in [0.05, 0.1) is 19.1 Å². The zero-order valence-corrected chi connectivity index (χ0v) is 8.57. The van der Waals surface area contributed by atoms with Crippen molar-refractivity contribution >= 4 is 12.3 Å². The van der Waals surface area contributed by atoms with E-state index in [1.807, 2.05) is 6.92 Å². The molecule has 1 heterocycles. The number of nitrogens with zero attached hydrogens (tertiary/aromatic N) is 1. The summed E-state index contributed by atoms with van der Waals surface area (Å²) in [6, 6.07) is 0. The van der Waals surface area contributed by atoms with Gasteiger partial charge in [-0.05, 0) is 32.9 Å². The minimum Gasteiger partial charge on any atom is -0.466 e. The molecule has 0 aliphatic carbocycles. The van der Waals surface area contributed by atoms with E-state index in [0.29, 0.717) is 13.2 Å². The molecular weight excluding hydrogens is 182 g/mol. The first kappa shape index (κ1) is 11.2. The van der Waals surface area contributed by atoms with Gasteiger partial charge in [-0.3, -0.25) is 9.69 Å². The highest BCUT2D eigenvalue weighted by molar-refractivity contribution is 5.72. The number of carbonyl (C=O) groups is 2. The second-order valence-corrected chi connectivity index (χ2v) is 3.49. The molecule has 0 radical (unpaired) electrons. The third-order valence-corrected chi connectivity index (χ3v) is 2.54. The van der Waals surface area contributed by atoms with Crippen LogP contribution in [0.3, 0.4) is 0 Å². The normalized spacial score (nSPS) is 19.2. The first-order chi connectivity index (χ1) is 6.77. The lowest BCUT2D eigenvalue weighted by Crippen LogP contribution is -2.37. The topological polar surface area (TPSA) is 46.6 Å². The molecule has 4 heteroatoms. The molecule has 14 heavy (non-hydrogen) atoms. The first-order valence-electron chi connectivity index (χ1n) is 5.10. The van der Waals surface area contributed by atoms with E-state index in [4.69, 9.17) is 4.74 Å². The molecule has 0 atom stereocenters. The molecule has 0 aromatic carbocycles. The third kappa shape index (κ3) is 3.10. The lowest BCUT2D eigenvalue weighted by molar-refractivity contribution is -0.149. The Labute approximate surface area is 84.2 Å². The Hall–Kier alpha value is -0.900. The van der Waals surface area contributed by atoms with Crippen LogP contribution < -0.4 is 0 Å². The molecule has 0 saturated carbocycles. The summed E-state index contributed by atoms with van der Waals surface area (Å²) in [4.78, 5) is 23.7. The lowest BCUT2D eigenvalue weighted by atomic mass is 9.97. The number of ether oxygens (including phenoxy) is 1. The van der Waals surface area contributed by atoms with Gasteiger partial charge in [0, 0.05) is 0 Å². The number of hydrogen-bond donors (Lipinski definition) is 0. The molecular formula is C10H17NO3. The molecule has 1 rings (SSSR count). The van der Waals surface area contributed by atoms with Gasteiger partial charge in [0.15, 0.2) is 0 Å². The molecule has 1 fully saturated rings. The van der Waals surface area contributed by atoms with Crippen molar-refractivity contribution in [2.75, 3.05) is 26.2 Å². The van der Waals surface area contributed by atoms with Crippen molar-refractivity contribution in [1.82, 2.24) is 4.90 Å².